The molecule has 0 spiro atoms. The first-order chi connectivity index (χ1) is 10.4. The maximum absolute atomic E-state index is 12.3. The number of ether oxygens (including phenoxy) is 1. The van der Waals surface area contributed by atoms with Crippen molar-refractivity contribution in [3.05, 3.63) is 29.8 Å². The number of carbonyl (C=O) groups is 2. The molecule has 1 unspecified atom stereocenters. The van der Waals surface area contributed by atoms with Gasteiger partial charge < -0.3 is 15.2 Å². The molecular weight excluding hydrogens is 296 g/mol. The molecule has 1 rings (SSSR count). The van der Waals surface area contributed by atoms with Crippen LogP contribution in [0.5, 0.6) is 5.75 Å². The molecule has 7 heteroatoms. The molecule has 1 aromatic rings. The van der Waals surface area contributed by atoms with E-state index in [1.54, 1.807) is 6.07 Å². The topological polar surface area (TPSA) is 75.6 Å². The normalized spacial score (nSPS) is 12.0. The summed E-state index contributed by atoms with van der Waals surface area (Å²) in [7, 11) is 0. The molecule has 0 aromatic heterocycles. The Bertz CT molecular complexity index is 508. The number of amides is 1. The van der Waals surface area contributed by atoms with Crippen molar-refractivity contribution >= 4 is 11.9 Å². The summed E-state index contributed by atoms with van der Waals surface area (Å²) < 4.78 is 28.9. The minimum atomic E-state index is -2.97. The van der Waals surface area contributed by atoms with Crippen molar-refractivity contribution in [2.24, 2.45) is 5.92 Å². The highest BCUT2D eigenvalue weighted by molar-refractivity contribution is 5.80. The second-order valence-corrected chi connectivity index (χ2v) is 4.79. The number of benzene rings is 1. The average Bonchev–Trinajstić information content (AvgIpc) is 2.44. The van der Waals surface area contributed by atoms with E-state index < -0.39 is 24.4 Å². The molecule has 0 aliphatic heterocycles. The maximum Gasteiger partial charge on any atom is 0.387 e. The molecule has 1 atom stereocenters. The van der Waals surface area contributed by atoms with Crippen LogP contribution in [0, 0.1) is 5.92 Å². The number of para-hydroxylation sites is 1. The van der Waals surface area contributed by atoms with Crippen molar-refractivity contribution in [2.75, 3.05) is 6.54 Å². The predicted octanol–water partition coefficient (Wildman–Crippen LogP) is 2.45. The third-order valence-electron chi connectivity index (χ3n) is 3.07. The van der Waals surface area contributed by atoms with Crippen LogP contribution >= 0.6 is 0 Å². The van der Waals surface area contributed by atoms with E-state index in [0.29, 0.717) is 18.4 Å². The Morgan fingerprint density at radius 1 is 1.32 bits per heavy atom. The molecule has 0 heterocycles. The average molecular weight is 315 g/mol. The number of nitrogens with one attached hydrogen (secondary N) is 1. The van der Waals surface area contributed by atoms with Crippen LogP contribution in [0.2, 0.25) is 0 Å². The van der Waals surface area contributed by atoms with Crippen LogP contribution in [0.25, 0.3) is 0 Å². The van der Waals surface area contributed by atoms with E-state index in [0.717, 1.165) is 0 Å². The van der Waals surface area contributed by atoms with Crippen molar-refractivity contribution in [3.63, 3.8) is 0 Å². The summed E-state index contributed by atoms with van der Waals surface area (Å²) in [5.74, 6) is -2.12. The van der Waals surface area contributed by atoms with Crippen LogP contribution in [0.1, 0.15) is 25.3 Å². The minimum Gasteiger partial charge on any atom is -0.481 e. The van der Waals surface area contributed by atoms with E-state index in [4.69, 9.17) is 5.11 Å². The molecule has 0 radical (unpaired) electrons. The van der Waals surface area contributed by atoms with E-state index in [9.17, 15) is 18.4 Å². The fourth-order valence-corrected chi connectivity index (χ4v) is 1.99. The molecule has 0 saturated carbocycles. The fraction of sp³-hybridized carbons (Fsp3) is 0.467. The molecule has 2 N–H and O–H groups in total. The van der Waals surface area contributed by atoms with Gasteiger partial charge in [0.05, 0.1) is 12.3 Å². The van der Waals surface area contributed by atoms with Crippen LogP contribution in [-0.2, 0) is 16.0 Å². The third kappa shape index (κ3) is 6.07. The SMILES string of the molecule is CCCC(CNC(=O)Cc1ccccc1OC(F)F)C(=O)O. The third-order valence-corrected chi connectivity index (χ3v) is 3.07. The summed E-state index contributed by atoms with van der Waals surface area (Å²) in [6, 6.07) is 6.00. The van der Waals surface area contributed by atoms with Gasteiger partial charge in [0.25, 0.3) is 0 Å². The Hall–Kier alpha value is -2.18. The number of alkyl halides is 2. The number of aliphatic carboxylic acids is 1. The summed E-state index contributed by atoms with van der Waals surface area (Å²) in [6.45, 7) is -1.10. The van der Waals surface area contributed by atoms with Crippen molar-refractivity contribution in [1.82, 2.24) is 5.32 Å². The molecular formula is C15H19F2NO4. The zero-order valence-corrected chi connectivity index (χ0v) is 12.2. The van der Waals surface area contributed by atoms with Crippen molar-refractivity contribution in [3.8, 4) is 5.75 Å². The van der Waals surface area contributed by atoms with Gasteiger partial charge in [0.15, 0.2) is 0 Å². The standard InChI is InChI=1S/C15H19F2NO4/c1-2-5-11(14(20)21)9-18-13(19)8-10-6-3-4-7-12(10)22-15(16)17/h3-4,6-7,11,15H,2,5,8-9H2,1H3,(H,18,19)(H,20,21). The highest BCUT2D eigenvalue weighted by atomic mass is 19.3. The van der Waals surface area contributed by atoms with Gasteiger partial charge in [0, 0.05) is 12.1 Å². The van der Waals surface area contributed by atoms with Gasteiger partial charge in [-0.25, -0.2) is 0 Å². The molecule has 122 valence electrons. The summed E-state index contributed by atoms with van der Waals surface area (Å²) in [5.41, 5.74) is 0.322. The van der Waals surface area contributed by atoms with Gasteiger partial charge in [-0.3, -0.25) is 9.59 Å². The lowest BCUT2D eigenvalue weighted by Gasteiger charge is -2.13. The van der Waals surface area contributed by atoms with E-state index in [-0.39, 0.29) is 18.7 Å². The van der Waals surface area contributed by atoms with Gasteiger partial charge in [-0.1, -0.05) is 31.5 Å². The molecule has 22 heavy (non-hydrogen) atoms. The van der Waals surface area contributed by atoms with Gasteiger partial charge >= 0.3 is 12.6 Å². The smallest absolute Gasteiger partial charge is 0.387 e. The number of hydrogen-bond donors (Lipinski definition) is 2. The molecule has 5 nitrogen and oxygen atoms in total. The quantitative estimate of drug-likeness (QED) is 0.734. The van der Waals surface area contributed by atoms with E-state index in [1.165, 1.54) is 18.2 Å². The lowest BCUT2D eigenvalue weighted by atomic mass is 10.0. The highest BCUT2D eigenvalue weighted by Gasteiger charge is 2.18. The molecule has 0 aliphatic carbocycles. The lowest BCUT2D eigenvalue weighted by molar-refractivity contribution is -0.141. The highest BCUT2D eigenvalue weighted by Crippen LogP contribution is 2.20. The second-order valence-electron chi connectivity index (χ2n) is 4.79. The zero-order valence-electron chi connectivity index (χ0n) is 12.2. The molecule has 0 saturated heterocycles. The monoisotopic (exact) mass is 315 g/mol. The number of halogens is 2. The van der Waals surface area contributed by atoms with Crippen molar-refractivity contribution in [1.29, 1.82) is 0 Å². The Morgan fingerprint density at radius 2 is 2.00 bits per heavy atom. The van der Waals surface area contributed by atoms with Gasteiger partial charge in [-0.15, -0.1) is 0 Å². The zero-order chi connectivity index (χ0) is 16.5. The molecule has 1 aromatic carbocycles. The lowest BCUT2D eigenvalue weighted by Crippen LogP contribution is -2.33. The van der Waals surface area contributed by atoms with Gasteiger partial charge in [0.2, 0.25) is 5.91 Å². The van der Waals surface area contributed by atoms with E-state index in [2.05, 4.69) is 10.1 Å². The predicted molar refractivity (Wildman–Crippen MR) is 75.8 cm³/mol. The number of hydrogen-bond acceptors (Lipinski definition) is 3. The van der Waals surface area contributed by atoms with E-state index >= 15 is 0 Å². The van der Waals surface area contributed by atoms with E-state index in [1.807, 2.05) is 6.92 Å². The summed E-state index contributed by atoms with van der Waals surface area (Å²) >= 11 is 0. The van der Waals surface area contributed by atoms with Crippen molar-refractivity contribution in [2.45, 2.75) is 32.8 Å². The minimum absolute atomic E-state index is 0.0138. The summed E-state index contributed by atoms with van der Waals surface area (Å²) in [6.07, 6.45) is 1.000. The molecule has 0 bridgehead atoms. The number of carbonyl (C=O) groups excluding carboxylic acids is 1. The number of carboxylic acid groups (broad SMARTS) is 1. The fourth-order valence-electron chi connectivity index (χ4n) is 1.99. The van der Waals surface area contributed by atoms with Crippen LogP contribution in [0.3, 0.4) is 0 Å². The Morgan fingerprint density at radius 3 is 2.59 bits per heavy atom. The maximum atomic E-state index is 12.3. The van der Waals surface area contributed by atoms with Crippen LogP contribution < -0.4 is 10.1 Å². The van der Waals surface area contributed by atoms with Gasteiger partial charge in [-0.2, -0.15) is 8.78 Å². The first-order valence-electron chi connectivity index (χ1n) is 6.96. The van der Waals surface area contributed by atoms with Crippen molar-refractivity contribution < 1.29 is 28.2 Å². The molecule has 0 aliphatic rings. The Kier molecular flexibility index (Phi) is 7.28. The largest absolute Gasteiger partial charge is 0.481 e. The second kappa shape index (κ2) is 8.96. The van der Waals surface area contributed by atoms with Crippen LogP contribution in [0.15, 0.2) is 24.3 Å². The summed E-state index contributed by atoms with van der Waals surface area (Å²) in [4.78, 5) is 22.8. The van der Waals surface area contributed by atoms with Gasteiger partial charge in [-0.05, 0) is 12.5 Å². The molecule has 0 fully saturated rings. The Labute approximate surface area is 127 Å². The first kappa shape index (κ1) is 17.9. The molecule has 1 amide bonds. The summed E-state index contributed by atoms with van der Waals surface area (Å²) in [5, 5.41) is 11.5. The van der Waals surface area contributed by atoms with Crippen LogP contribution in [-0.4, -0.2) is 30.1 Å². The Balaban J connectivity index is 2.60. The number of rotatable bonds is 9. The van der Waals surface area contributed by atoms with Gasteiger partial charge in [0.1, 0.15) is 5.75 Å². The first-order valence-corrected chi connectivity index (χ1v) is 6.96. The van der Waals surface area contributed by atoms with Crippen LogP contribution in [0.4, 0.5) is 8.78 Å². The number of carboxylic acids is 1.